The monoisotopic (exact) mass is 459 g/mol. The van der Waals surface area contributed by atoms with Crippen LogP contribution >= 0.6 is 0 Å². The average molecular weight is 460 g/mol. The van der Waals surface area contributed by atoms with Crippen LogP contribution in [0.1, 0.15) is 41.0 Å². The summed E-state index contributed by atoms with van der Waals surface area (Å²) in [6, 6.07) is -0.236. The third-order valence-electron chi connectivity index (χ3n) is 4.67. The van der Waals surface area contributed by atoms with Crippen molar-refractivity contribution in [3.63, 3.8) is 0 Å². The van der Waals surface area contributed by atoms with Gasteiger partial charge < -0.3 is 34.5 Å². The number of hydrogen-bond donors (Lipinski definition) is 2. The second kappa shape index (κ2) is 16.0. The number of nitrogens with one attached hydrogen (secondary N) is 2. The molecule has 186 valence electrons. The fourth-order valence-corrected chi connectivity index (χ4v) is 3.17. The van der Waals surface area contributed by atoms with E-state index in [-0.39, 0.29) is 38.0 Å². The van der Waals surface area contributed by atoms with Crippen LogP contribution in [0.3, 0.4) is 0 Å². The molecule has 1 heterocycles. The smallest absolute Gasteiger partial charge is 0.302 e. The van der Waals surface area contributed by atoms with Gasteiger partial charge in [-0.15, -0.1) is 0 Å². The van der Waals surface area contributed by atoms with Gasteiger partial charge in [-0.3, -0.25) is 14.4 Å². The molecule has 0 bridgehead atoms. The van der Waals surface area contributed by atoms with Crippen molar-refractivity contribution in [2.45, 2.75) is 59.2 Å². The Morgan fingerprint density at radius 1 is 0.969 bits per heavy atom. The van der Waals surface area contributed by atoms with E-state index in [1.807, 2.05) is 13.8 Å². The zero-order valence-electron chi connectivity index (χ0n) is 20.2. The van der Waals surface area contributed by atoms with Gasteiger partial charge in [0, 0.05) is 32.5 Å². The average Bonchev–Trinajstić information content (AvgIpc) is 3.13. The van der Waals surface area contributed by atoms with Gasteiger partial charge in [0.25, 0.3) is 0 Å². The van der Waals surface area contributed by atoms with Crippen LogP contribution in [-0.4, -0.2) is 100 Å². The second-order valence-corrected chi connectivity index (χ2v) is 8.55. The Bertz CT molecular complexity index is 572. The van der Waals surface area contributed by atoms with Gasteiger partial charge in [0.15, 0.2) is 0 Å². The molecule has 1 rings (SSSR count). The van der Waals surface area contributed by atoms with Gasteiger partial charge in [-0.05, 0) is 5.92 Å². The number of likely N-dealkylation sites (tertiary alicyclic amines) is 1. The minimum atomic E-state index is -0.673. The summed E-state index contributed by atoms with van der Waals surface area (Å²) in [6.45, 7) is 13.0. The van der Waals surface area contributed by atoms with Gasteiger partial charge in [-0.2, -0.15) is 0 Å². The summed E-state index contributed by atoms with van der Waals surface area (Å²) in [7, 11) is 0. The number of carbonyl (C=O) groups is 3. The maximum Gasteiger partial charge on any atom is 0.302 e. The highest BCUT2D eigenvalue weighted by Gasteiger charge is 2.40. The molecule has 10 heteroatoms. The summed E-state index contributed by atoms with van der Waals surface area (Å²) in [5.41, 5.74) is 0. The van der Waals surface area contributed by atoms with Gasteiger partial charge in [-0.25, -0.2) is 0 Å². The quantitative estimate of drug-likeness (QED) is 0.251. The molecule has 2 N–H and O–H groups in total. The number of carbonyl (C=O) groups excluding carboxylic acids is 3. The molecule has 2 unspecified atom stereocenters. The highest BCUT2D eigenvalue weighted by atomic mass is 16.5. The van der Waals surface area contributed by atoms with E-state index in [0.29, 0.717) is 44.9 Å². The fourth-order valence-electron chi connectivity index (χ4n) is 3.17. The predicted octanol–water partition coefficient (Wildman–Crippen LogP) is 0.339. The molecule has 2 amide bonds. The van der Waals surface area contributed by atoms with Gasteiger partial charge in [0.05, 0.1) is 39.6 Å². The number of ether oxygens (including phenoxy) is 4. The Morgan fingerprint density at radius 2 is 1.59 bits per heavy atom. The van der Waals surface area contributed by atoms with Crippen LogP contribution in [0.2, 0.25) is 0 Å². The van der Waals surface area contributed by atoms with E-state index in [4.69, 9.17) is 18.9 Å². The molecule has 1 fully saturated rings. The lowest BCUT2D eigenvalue weighted by Gasteiger charge is -2.24. The minimum Gasteiger partial charge on any atom is -0.461 e. The first kappa shape index (κ1) is 28.3. The SMILES string of the molecule is CC(=O)OC1CC(C(=O)NCC(C)C)N(C(=O)COCCOCCOCCNC(C)C)C1. The molecule has 0 aromatic carbocycles. The van der Waals surface area contributed by atoms with E-state index in [1.54, 1.807) is 0 Å². The molecule has 0 saturated carbocycles. The van der Waals surface area contributed by atoms with Crippen molar-refractivity contribution in [1.29, 1.82) is 0 Å². The Labute approximate surface area is 191 Å². The first-order valence-electron chi connectivity index (χ1n) is 11.4. The Hall–Kier alpha value is -1.75. The molecule has 32 heavy (non-hydrogen) atoms. The van der Waals surface area contributed by atoms with Crippen molar-refractivity contribution < 1.29 is 33.3 Å². The van der Waals surface area contributed by atoms with Crippen molar-refractivity contribution in [1.82, 2.24) is 15.5 Å². The third-order valence-corrected chi connectivity index (χ3v) is 4.67. The maximum absolute atomic E-state index is 12.6. The van der Waals surface area contributed by atoms with Crippen LogP contribution in [0.4, 0.5) is 0 Å². The molecular formula is C22H41N3O7. The van der Waals surface area contributed by atoms with Crippen LogP contribution < -0.4 is 10.6 Å². The number of esters is 1. The van der Waals surface area contributed by atoms with E-state index in [2.05, 4.69) is 24.5 Å². The Morgan fingerprint density at radius 3 is 2.19 bits per heavy atom. The first-order chi connectivity index (χ1) is 15.2. The standard InChI is InChI=1S/C22H41N3O7/c1-16(2)13-24-22(28)20-12-19(32-18(5)26)14-25(20)21(27)15-31-11-10-30-9-8-29-7-6-23-17(3)4/h16-17,19-20,23H,6-15H2,1-5H3,(H,24,28). The second-order valence-electron chi connectivity index (χ2n) is 8.55. The summed E-state index contributed by atoms with van der Waals surface area (Å²) < 4.78 is 21.5. The van der Waals surface area contributed by atoms with Crippen LogP contribution in [0.15, 0.2) is 0 Å². The van der Waals surface area contributed by atoms with Gasteiger partial charge >= 0.3 is 5.97 Å². The number of amides is 2. The van der Waals surface area contributed by atoms with E-state index >= 15 is 0 Å². The lowest BCUT2D eigenvalue weighted by Crippen LogP contribution is -2.47. The molecule has 0 aromatic heterocycles. The predicted molar refractivity (Wildman–Crippen MR) is 119 cm³/mol. The highest BCUT2D eigenvalue weighted by Crippen LogP contribution is 2.21. The summed E-state index contributed by atoms with van der Waals surface area (Å²) in [6.07, 6.45) is -0.212. The molecular weight excluding hydrogens is 418 g/mol. The topological polar surface area (TPSA) is 115 Å². The number of rotatable bonds is 16. The van der Waals surface area contributed by atoms with E-state index < -0.39 is 18.1 Å². The van der Waals surface area contributed by atoms with E-state index in [9.17, 15) is 14.4 Å². The van der Waals surface area contributed by atoms with Crippen molar-refractivity contribution in [3.8, 4) is 0 Å². The lowest BCUT2D eigenvalue weighted by molar-refractivity contribution is -0.147. The first-order valence-corrected chi connectivity index (χ1v) is 11.4. The molecule has 1 saturated heterocycles. The van der Waals surface area contributed by atoms with Crippen LogP contribution in [-0.2, 0) is 33.3 Å². The molecule has 2 atom stereocenters. The van der Waals surface area contributed by atoms with E-state index in [1.165, 1.54) is 11.8 Å². The fraction of sp³-hybridized carbons (Fsp3) is 0.864. The molecule has 1 aliphatic heterocycles. The largest absolute Gasteiger partial charge is 0.461 e. The Balaban J connectivity index is 2.29. The zero-order valence-corrected chi connectivity index (χ0v) is 20.2. The zero-order chi connectivity index (χ0) is 23.9. The molecule has 10 nitrogen and oxygen atoms in total. The van der Waals surface area contributed by atoms with Gasteiger partial charge in [0.2, 0.25) is 11.8 Å². The van der Waals surface area contributed by atoms with Gasteiger partial charge in [0.1, 0.15) is 18.8 Å². The lowest BCUT2D eigenvalue weighted by atomic mass is 10.1. The molecule has 0 spiro atoms. The van der Waals surface area contributed by atoms with Crippen molar-refractivity contribution in [2.24, 2.45) is 5.92 Å². The van der Waals surface area contributed by atoms with E-state index in [0.717, 1.165) is 6.54 Å². The van der Waals surface area contributed by atoms with Crippen LogP contribution in [0.25, 0.3) is 0 Å². The summed E-state index contributed by atoms with van der Waals surface area (Å²) in [4.78, 5) is 37.9. The Kier molecular flexibility index (Phi) is 14.1. The molecule has 0 aliphatic carbocycles. The maximum atomic E-state index is 12.6. The molecule has 0 aromatic rings. The van der Waals surface area contributed by atoms with Crippen molar-refractivity contribution in [3.05, 3.63) is 0 Å². The van der Waals surface area contributed by atoms with Crippen LogP contribution in [0, 0.1) is 5.92 Å². The van der Waals surface area contributed by atoms with Crippen LogP contribution in [0.5, 0.6) is 0 Å². The summed E-state index contributed by atoms with van der Waals surface area (Å²) in [5.74, 6) is -0.697. The van der Waals surface area contributed by atoms with Crippen molar-refractivity contribution >= 4 is 17.8 Å². The number of nitrogens with zero attached hydrogens (tertiary/aromatic N) is 1. The normalized spacial score (nSPS) is 18.4. The molecule has 0 radical (unpaired) electrons. The molecule has 1 aliphatic rings. The highest BCUT2D eigenvalue weighted by molar-refractivity contribution is 5.89. The van der Waals surface area contributed by atoms with Crippen molar-refractivity contribution in [2.75, 3.05) is 59.3 Å². The summed E-state index contributed by atoms with van der Waals surface area (Å²) in [5, 5.41) is 6.11. The number of hydrogen-bond acceptors (Lipinski definition) is 8. The third kappa shape index (κ3) is 12.3. The minimum absolute atomic E-state index is 0.165. The van der Waals surface area contributed by atoms with Gasteiger partial charge in [-0.1, -0.05) is 27.7 Å². The summed E-state index contributed by atoms with van der Waals surface area (Å²) >= 11 is 0.